The quantitative estimate of drug-likeness (QED) is 0.488. The molecule has 1 aliphatic rings. The number of rotatable bonds is 4. The van der Waals surface area contributed by atoms with Crippen LogP contribution in [0.2, 0.25) is 5.02 Å². The van der Waals surface area contributed by atoms with Crippen molar-refractivity contribution in [2.45, 2.75) is 18.9 Å². The third kappa shape index (κ3) is 4.36. The van der Waals surface area contributed by atoms with E-state index in [2.05, 4.69) is 25.7 Å². The van der Waals surface area contributed by atoms with Crippen LogP contribution >= 0.6 is 11.6 Å². The Labute approximate surface area is 190 Å². The van der Waals surface area contributed by atoms with E-state index in [4.69, 9.17) is 16.7 Å². The third-order valence-electron chi connectivity index (χ3n) is 5.46. The lowest BCUT2D eigenvalue weighted by atomic mass is 10.1. The molecule has 162 valence electrons. The molecule has 2 amide bonds. The molecule has 1 aliphatic heterocycles. The summed E-state index contributed by atoms with van der Waals surface area (Å²) >= 11 is 5.90. The average molecular weight is 448 g/mol. The first kappa shape index (κ1) is 20.3. The van der Waals surface area contributed by atoms with Crippen LogP contribution < -0.4 is 15.5 Å². The van der Waals surface area contributed by atoms with Gasteiger partial charge in [-0.2, -0.15) is 4.52 Å². The molecule has 0 radical (unpaired) electrons. The second-order valence-electron chi connectivity index (χ2n) is 7.74. The SMILES string of the molecule is O=C(Nc1ccc(Cl)cc1)NC1CCCN(c2ccc3nnc(-c4ccccc4)n3n2)C1. The highest BCUT2D eigenvalue weighted by molar-refractivity contribution is 6.30. The van der Waals surface area contributed by atoms with Crippen LogP contribution in [-0.2, 0) is 0 Å². The number of hydrogen-bond acceptors (Lipinski definition) is 5. The minimum Gasteiger partial charge on any atom is -0.353 e. The van der Waals surface area contributed by atoms with Gasteiger partial charge in [-0.1, -0.05) is 41.9 Å². The first-order valence-electron chi connectivity index (χ1n) is 10.5. The van der Waals surface area contributed by atoms with E-state index in [0.717, 1.165) is 30.8 Å². The summed E-state index contributed by atoms with van der Waals surface area (Å²) in [5.74, 6) is 1.54. The maximum atomic E-state index is 12.4. The molecule has 1 fully saturated rings. The number of fused-ring (bicyclic) bond motifs is 1. The van der Waals surface area contributed by atoms with E-state index < -0.39 is 0 Å². The van der Waals surface area contributed by atoms with E-state index in [9.17, 15) is 4.79 Å². The maximum Gasteiger partial charge on any atom is 0.319 e. The molecule has 32 heavy (non-hydrogen) atoms. The Kier molecular flexibility index (Phi) is 5.60. The van der Waals surface area contributed by atoms with Gasteiger partial charge in [-0.3, -0.25) is 0 Å². The molecule has 0 bridgehead atoms. The van der Waals surface area contributed by atoms with Gasteiger partial charge in [-0.05, 0) is 49.2 Å². The van der Waals surface area contributed by atoms with Gasteiger partial charge in [0, 0.05) is 35.4 Å². The van der Waals surface area contributed by atoms with E-state index in [-0.39, 0.29) is 12.1 Å². The summed E-state index contributed by atoms with van der Waals surface area (Å²) in [5, 5.41) is 19.9. The molecule has 0 saturated carbocycles. The Morgan fingerprint density at radius 2 is 1.81 bits per heavy atom. The smallest absolute Gasteiger partial charge is 0.319 e. The van der Waals surface area contributed by atoms with Gasteiger partial charge in [0.1, 0.15) is 5.82 Å². The normalized spacial score (nSPS) is 16.2. The first-order chi connectivity index (χ1) is 15.7. The van der Waals surface area contributed by atoms with Crippen molar-refractivity contribution in [1.82, 2.24) is 25.1 Å². The van der Waals surface area contributed by atoms with E-state index in [1.807, 2.05) is 42.5 Å². The van der Waals surface area contributed by atoms with Gasteiger partial charge in [0.2, 0.25) is 0 Å². The van der Waals surface area contributed by atoms with Gasteiger partial charge in [-0.15, -0.1) is 15.3 Å². The van der Waals surface area contributed by atoms with Crippen LogP contribution in [-0.4, -0.2) is 45.0 Å². The first-order valence-corrected chi connectivity index (χ1v) is 10.9. The third-order valence-corrected chi connectivity index (χ3v) is 5.72. The topological polar surface area (TPSA) is 87.5 Å². The summed E-state index contributed by atoms with van der Waals surface area (Å²) in [6.45, 7) is 1.55. The molecule has 1 saturated heterocycles. The van der Waals surface area contributed by atoms with Crippen molar-refractivity contribution in [2.75, 3.05) is 23.3 Å². The molecule has 0 spiro atoms. The van der Waals surface area contributed by atoms with Crippen molar-refractivity contribution in [3.8, 4) is 11.4 Å². The summed E-state index contributed by atoms with van der Waals surface area (Å²) in [5.41, 5.74) is 2.36. The molecule has 2 aromatic carbocycles. The lowest BCUT2D eigenvalue weighted by Crippen LogP contribution is -2.49. The van der Waals surface area contributed by atoms with Crippen LogP contribution in [0.15, 0.2) is 66.7 Å². The predicted octanol–water partition coefficient (Wildman–Crippen LogP) is 4.24. The number of halogens is 1. The average Bonchev–Trinajstić information content (AvgIpc) is 3.25. The number of nitrogens with zero attached hydrogens (tertiary/aromatic N) is 5. The number of benzene rings is 2. The summed E-state index contributed by atoms with van der Waals surface area (Å²) in [6, 6.07) is 20.6. The lowest BCUT2D eigenvalue weighted by molar-refractivity contribution is 0.246. The summed E-state index contributed by atoms with van der Waals surface area (Å²) in [6.07, 6.45) is 1.87. The molecule has 1 atom stereocenters. The highest BCUT2D eigenvalue weighted by atomic mass is 35.5. The van der Waals surface area contributed by atoms with Gasteiger partial charge < -0.3 is 15.5 Å². The van der Waals surface area contributed by atoms with Crippen molar-refractivity contribution in [3.63, 3.8) is 0 Å². The number of hydrogen-bond donors (Lipinski definition) is 2. The fourth-order valence-electron chi connectivity index (χ4n) is 3.90. The van der Waals surface area contributed by atoms with Crippen molar-refractivity contribution in [2.24, 2.45) is 0 Å². The predicted molar refractivity (Wildman–Crippen MR) is 125 cm³/mol. The van der Waals surface area contributed by atoms with Gasteiger partial charge in [0.15, 0.2) is 11.5 Å². The van der Waals surface area contributed by atoms with E-state index >= 15 is 0 Å². The van der Waals surface area contributed by atoms with Crippen LogP contribution in [0, 0.1) is 0 Å². The molecule has 1 unspecified atom stereocenters. The Morgan fingerprint density at radius 3 is 2.62 bits per heavy atom. The van der Waals surface area contributed by atoms with Gasteiger partial charge >= 0.3 is 6.03 Å². The number of carbonyl (C=O) groups excluding carboxylic acids is 1. The number of nitrogens with one attached hydrogen (secondary N) is 2. The summed E-state index contributed by atoms with van der Waals surface area (Å²) in [4.78, 5) is 14.6. The second kappa shape index (κ2) is 8.84. The zero-order chi connectivity index (χ0) is 21.9. The fourth-order valence-corrected chi connectivity index (χ4v) is 4.03. The molecule has 2 aromatic heterocycles. The number of urea groups is 1. The van der Waals surface area contributed by atoms with Gasteiger partial charge in [0.05, 0.1) is 0 Å². The number of piperidine rings is 1. The Balaban J connectivity index is 1.29. The molecule has 8 nitrogen and oxygen atoms in total. The zero-order valence-electron chi connectivity index (χ0n) is 17.3. The van der Waals surface area contributed by atoms with Crippen LogP contribution in [0.25, 0.3) is 17.0 Å². The molecule has 4 aromatic rings. The van der Waals surface area contributed by atoms with Crippen LogP contribution in [0.5, 0.6) is 0 Å². The zero-order valence-corrected chi connectivity index (χ0v) is 18.0. The Hall–Kier alpha value is -3.65. The number of amides is 2. The number of carbonyl (C=O) groups is 1. The molecule has 2 N–H and O–H groups in total. The molecular weight excluding hydrogens is 426 g/mol. The van der Waals surface area contributed by atoms with Crippen molar-refractivity contribution < 1.29 is 4.79 Å². The van der Waals surface area contributed by atoms with Crippen LogP contribution in [0.4, 0.5) is 16.3 Å². The van der Waals surface area contributed by atoms with Crippen molar-refractivity contribution in [3.05, 3.63) is 71.8 Å². The van der Waals surface area contributed by atoms with Gasteiger partial charge in [0.25, 0.3) is 0 Å². The van der Waals surface area contributed by atoms with Crippen LogP contribution in [0.3, 0.4) is 0 Å². The van der Waals surface area contributed by atoms with E-state index in [0.29, 0.717) is 28.7 Å². The minimum absolute atomic E-state index is 0.0167. The largest absolute Gasteiger partial charge is 0.353 e. The highest BCUT2D eigenvalue weighted by Gasteiger charge is 2.23. The number of anilines is 2. The Bertz CT molecular complexity index is 1230. The van der Waals surface area contributed by atoms with Crippen LogP contribution in [0.1, 0.15) is 12.8 Å². The molecule has 9 heteroatoms. The molecule has 0 aliphatic carbocycles. The van der Waals surface area contributed by atoms with Crippen molar-refractivity contribution >= 4 is 34.8 Å². The Morgan fingerprint density at radius 1 is 1.00 bits per heavy atom. The molecule has 5 rings (SSSR count). The second-order valence-corrected chi connectivity index (χ2v) is 8.18. The fraction of sp³-hybridized carbons (Fsp3) is 0.217. The highest BCUT2D eigenvalue weighted by Crippen LogP contribution is 2.22. The van der Waals surface area contributed by atoms with Gasteiger partial charge in [-0.25, -0.2) is 4.79 Å². The summed E-state index contributed by atoms with van der Waals surface area (Å²) < 4.78 is 1.77. The standard InChI is InChI=1S/C23H22ClN7O/c24-17-8-10-18(11-9-17)25-23(32)26-19-7-4-14-30(15-19)21-13-12-20-27-28-22(31(20)29-21)16-5-2-1-3-6-16/h1-3,5-6,8-13,19H,4,7,14-15H2,(H2,25,26,32). The monoisotopic (exact) mass is 447 g/mol. The van der Waals surface area contributed by atoms with E-state index in [1.165, 1.54) is 0 Å². The lowest BCUT2D eigenvalue weighted by Gasteiger charge is -2.33. The minimum atomic E-state index is -0.229. The maximum absolute atomic E-state index is 12.4. The van der Waals surface area contributed by atoms with E-state index in [1.54, 1.807) is 28.8 Å². The molecule has 3 heterocycles. The molecular formula is C23H22ClN7O. The summed E-state index contributed by atoms with van der Waals surface area (Å²) in [7, 11) is 0. The van der Waals surface area contributed by atoms with Crippen molar-refractivity contribution in [1.29, 1.82) is 0 Å². The number of aromatic nitrogens is 4.